The highest BCUT2D eigenvalue weighted by Gasteiger charge is 2.12. The van der Waals surface area contributed by atoms with Crippen LogP contribution in [-0.4, -0.2) is 54.3 Å². The SMILES string of the molecule is Cc1c2ccncc2cc2c1[nH]c1ccc(OCCN3CCOCC3)cc12. The first kappa shape index (κ1) is 16.5. The summed E-state index contributed by atoms with van der Waals surface area (Å²) >= 11 is 0. The van der Waals surface area contributed by atoms with Gasteiger partial charge in [-0.3, -0.25) is 9.88 Å². The number of H-pyrrole nitrogens is 1. The van der Waals surface area contributed by atoms with Crippen molar-refractivity contribution in [2.45, 2.75) is 6.92 Å². The summed E-state index contributed by atoms with van der Waals surface area (Å²) in [6, 6.07) is 10.6. The van der Waals surface area contributed by atoms with Crippen molar-refractivity contribution in [2.75, 3.05) is 39.5 Å². The molecule has 1 saturated heterocycles. The van der Waals surface area contributed by atoms with Crippen molar-refractivity contribution in [1.29, 1.82) is 0 Å². The Morgan fingerprint density at radius 2 is 2.00 bits per heavy atom. The van der Waals surface area contributed by atoms with Crippen LogP contribution in [0.1, 0.15) is 5.56 Å². The van der Waals surface area contributed by atoms with E-state index in [2.05, 4.69) is 46.1 Å². The third-order valence-corrected chi connectivity index (χ3v) is 5.52. The molecule has 5 rings (SSSR count). The number of fused-ring (bicyclic) bond motifs is 4. The fourth-order valence-electron chi connectivity index (χ4n) is 4.00. The standard InChI is InChI=1S/C22H23N3O2/c1-15-18-4-5-23-14-16(18)12-20-19-13-17(2-3-21(19)24-22(15)20)27-11-8-25-6-9-26-10-7-25/h2-5,12-14,24H,6-11H2,1H3. The lowest BCUT2D eigenvalue weighted by molar-refractivity contribution is 0.0322. The van der Waals surface area contributed by atoms with Crippen LogP contribution in [0.3, 0.4) is 0 Å². The summed E-state index contributed by atoms with van der Waals surface area (Å²) in [5, 5.41) is 4.83. The first-order valence-electron chi connectivity index (χ1n) is 9.51. The second-order valence-electron chi connectivity index (χ2n) is 7.16. The number of hydrogen-bond donors (Lipinski definition) is 1. The van der Waals surface area contributed by atoms with Gasteiger partial charge in [0.05, 0.1) is 18.7 Å². The van der Waals surface area contributed by atoms with E-state index in [1.807, 2.05) is 18.5 Å². The minimum atomic E-state index is 0.694. The van der Waals surface area contributed by atoms with Crippen LogP contribution in [0.15, 0.2) is 42.7 Å². The van der Waals surface area contributed by atoms with Crippen LogP contribution in [0.5, 0.6) is 5.75 Å². The van der Waals surface area contributed by atoms with Gasteiger partial charge in [0.1, 0.15) is 12.4 Å². The van der Waals surface area contributed by atoms with Gasteiger partial charge in [-0.25, -0.2) is 0 Å². The zero-order chi connectivity index (χ0) is 18.2. The fourth-order valence-corrected chi connectivity index (χ4v) is 4.00. The Balaban J connectivity index is 1.46. The number of aromatic nitrogens is 2. The third kappa shape index (κ3) is 3.03. The highest BCUT2D eigenvalue weighted by Crippen LogP contribution is 2.34. The van der Waals surface area contributed by atoms with Gasteiger partial charge in [-0.05, 0) is 48.2 Å². The van der Waals surface area contributed by atoms with Crippen molar-refractivity contribution in [1.82, 2.24) is 14.9 Å². The number of aryl methyl sites for hydroxylation is 1. The number of rotatable bonds is 4. The van der Waals surface area contributed by atoms with E-state index < -0.39 is 0 Å². The van der Waals surface area contributed by atoms with Gasteiger partial charge in [-0.15, -0.1) is 0 Å². The van der Waals surface area contributed by atoms with Crippen LogP contribution < -0.4 is 4.74 Å². The molecule has 2 aromatic carbocycles. The van der Waals surface area contributed by atoms with Gasteiger partial charge >= 0.3 is 0 Å². The molecule has 0 atom stereocenters. The smallest absolute Gasteiger partial charge is 0.120 e. The van der Waals surface area contributed by atoms with Crippen LogP contribution in [-0.2, 0) is 4.74 Å². The van der Waals surface area contributed by atoms with Crippen LogP contribution >= 0.6 is 0 Å². The summed E-state index contributed by atoms with van der Waals surface area (Å²) < 4.78 is 11.4. The van der Waals surface area contributed by atoms with Crippen LogP contribution in [0.25, 0.3) is 32.6 Å². The molecule has 1 N–H and O–H groups in total. The topological polar surface area (TPSA) is 50.4 Å². The molecule has 2 aromatic heterocycles. The van der Waals surface area contributed by atoms with Gasteiger partial charge in [-0.2, -0.15) is 0 Å². The average Bonchev–Trinajstić information content (AvgIpc) is 3.07. The van der Waals surface area contributed by atoms with Crippen LogP contribution in [0.4, 0.5) is 0 Å². The zero-order valence-electron chi connectivity index (χ0n) is 15.5. The molecule has 0 bridgehead atoms. The van der Waals surface area contributed by atoms with E-state index in [1.54, 1.807) is 0 Å². The van der Waals surface area contributed by atoms with Crippen molar-refractivity contribution < 1.29 is 9.47 Å². The molecule has 0 radical (unpaired) electrons. The molecule has 1 aliphatic heterocycles. The van der Waals surface area contributed by atoms with Gasteiger partial charge in [0.15, 0.2) is 0 Å². The number of pyridine rings is 1. The Hall–Kier alpha value is -2.63. The van der Waals surface area contributed by atoms with E-state index in [9.17, 15) is 0 Å². The van der Waals surface area contributed by atoms with E-state index in [0.29, 0.717) is 6.61 Å². The zero-order valence-corrected chi connectivity index (χ0v) is 15.5. The van der Waals surface area contributed by atoms with Crippen molar-refractivity contribution >= 4 is 32.6 Å². The van der Waals surface area contributed by atoms with Crippen LogP contribution in [0.2, 0.25) is 0 Å². The van der Waals surface area contributed by atoms with Crippen molar-refractivity contribution in [2.24, 2.45) is 0 Å². The summed E-state index contributed by atoms with van der Waals surface area (Å²) in [7, 11) is 0. The number of ether oxygens (including phenoxy) is 2. The average molecular weight is 361 g/mol. The molecule has 0 amide bonds. The Morgan fingerprint density at radius 1 is 1.11 bits per heavy atom. The molecule has 3 heterocycles. The lowest BCUT2D eigenvalue weighted by atomic mass is 10.0. The van der Waals surface area contributed by atoms with Gasteiger partial charge in [-0.1, -0.05) is 0 Å². The molecule has 5 nitrogen and oxygen atoms in total. The molecule has 0 unspecified atom stereocenters. The molecular weight excluding hydrogens is 338 g/mol. The maximum absolute atomic E-state index is 6.04. The molecular formula is C22H23N3O2. The highest BCUT2D eigenvalue weighted by molar-refractivity contribution is 6.13. The minimum absolute atomic E-state index is 0.694. The number of morpholine rings is 1. The number of nitrogens with one attached hydrogen (secondary N) is 1. The molecule has 138 valence electrons. The van der Waals surface area contributed by atoms with E-state index in [4.69, 9.17) is 9.47 Å². The summed E-state index contributed by atoms with van der Waals surface area (Å²) in [6.45, 7) is 7.42. The number of nitrogens with zero attached hydrogens (tertiary/aromatic N) is 2. The Labute approximate surface area is 157 Å². The van der Waals surface area contributed by atoms with Gasteiger partial charge < -0.3 is 14.5 Å². The quantitative estimate of drug-likeness (QED) is 0.599. The lowest BCUT2D eigenvalue weighted by Gasteiger charge is -2.26. The molecule has 5 heteroatoms. The summed E-state index contributed by atoms with van der Waals surface area (Å²) in [5.41, 5.74) is 3.59. The Bertz CT molecular complexity index is 1110. The summed E-state index contributed by atoms with van der Waals surface area (Å²) in [5.74, 6) is 0.917. The highest BCUT2D eigenvalue weighted by atomic mass is 16.5. The number of hydrogen-bond acceptors (Lipinski definition) is 4. The summed E-state index contributed by atoms with van der Waals surface area (Å²) in [6.07, 6.45) is 3.79. The second kappa shape index (κ2) is 6.83. The normalized spacial score (nSPS) is 15.7. The number of aromatic amines is 1. The number of benzene rings is 2. The maximum atomic E-state index is 6.04. The monoisotopic (exact) mass is 361 g/mol. The molecule has 1 aliphatic rings. The first-order chi connectivity index (χ1) is 13.3. The molecule has 27 heavy (non-hydrogen) atoms. The van der Waals surface area contributed by atoms with Gasteiger partial charge in [0, 0.05) is 53.7 Å². The molecule has 4 aromatic rings. The summed E-state index contributed by atoms with van der Waals surface area (Å²) in [4.78, 5) is 10.2. The van der Waals surface area contributed by atoms with Crippen molar-refractivity contribution in [3.63, 3.8) is 0 Å². The van der Waals surface area contributed by atoms with Gasteiger partial charge in [0.25, 0.3) is 0 Å². The Kier molecular flexibility index (Phi) is 4.19. The maximum Gasteiger partial charge on any atom is 0.120 e. The molecule has 0 aliphatic carbocycles. The minimum Gasteiger partial charge on any atom is -0.492 e. The molecule has 1 fully saturated rings. The third-order valence-electron chi connectivity index (χ3n) is 5.52. The first-order valence-corrected chi connectivity index (χ1v) is 9.51. The lowest BCUT2D eigenvalue weighted by Crippen LogP contribution is -2.38. The van der Waals surface area contributed by atoms with E-state index in [0.717, 1.165) is 44.1 Å². The van der Waals surface area contributed by atoms with Gasteiger partial charge in [0.2, 0.25) is 0 Å². The van der Waals surface area contributed by atoms with E-state index in [-0.39, 0.29) is 0 Å². The second-order valence-corrected chi connectivity index (χ2v) is 7.16. The molecule has 0 spiro atoms. The van der Waals surface area contributed by atoms with E-state index >= 15 is 0 Å². The predicted octanol–water partition coefficient (Wildman–Crippen LogP) is 3.89. The van der Waals surface area contributed by atoms with E-state index in [1.165, 1.54) is 32.6 Å². The molecule has 0 saturated carbocycles. The van der Waals surface area contributed by atoms with Crippen molar-refractivity contribution in [3.05, 3.63) is 48.3 Å². The van der Waals surface area contributed by atoms with Crippen molar-refractivity contribution in [3.8, 4) is 5.75 Å². The fraction of sp³-hybridized carbons (Fsp3) is 0.318. The predicted molar refractivity (Wildman–Crippen MR) is 109 cm³/mol. The Morgan fingerprint density at radius 3 is 2.89 bits per heavy atom. The largest absolute Gasteiger partial charge is 0.492 e. The van der Waals surface area contributed by atoms with Crippen LogP contribution in [0, 0.1) is 6.92 Å².